The van der Waals surface area contributed by atoms with Gasteiger partial charge >= 0.3 is 6.18 Å². The average Bonchev–Trinajstić information content (AvgIpc) is 2.50. The molecule has 1 aromatic rings. The number of nitrogens with two attached hydrogens (primary N) is 1. The molecule has 0 bridgehead atoms. The number of halogens is 3. The fourth-order valence-corrected chi connectivity index (χ4v) is 2.00. The molecule has 0 aliphatic heterocycles. The Hall–Kier alpha value is -2.09. The maximum Gasteiger partial charge on any atom is 0.416 e. The molecule has 2 amide bonds. The van der Waals surface area contributed by atoms with Crippen molar-refractivity contribution in [2.24, 2.45) is 11.7 Å². The normalized spacial score (nSPS) is 12.8. The zero-order valence-corrected chi connectivity index (χ0v) is 13.9. The van der Waals surface area contributed by atoms with E-state index in [0.29, 0.717) is 0 Å². The van der Waals surface area contributed by atoms with Crippen molar-refractivity contribution in [3.63, 3.8) is 0 Å². The maximum absolute atomic E-state index is 12.9. The van der Waals surface area contributed by atoms with Crippen LogP contribution in [-0.2, 0) is 22.3 Å². The van der Waals surface area contributed by atoms with Gasteiger partial charge in [0.05, 0.1) is 18.2 Å². The van der Waals surface area contributed by atoms with Crippen molar-refractivity contribution in [1.82, 2.24) is 10.2 Å². The lowest BCUT2D eigenvalue weighted by atomic mass is 10.1. The Morgan fingerprint density at radius 3 is 2.38 bits per heavy atom. The van der Waals surface area contributed by atoms with E-state index in [1.807, 2.05) is 0 Å². The van der Waals surface area contributed by atoms with Gasteiger partial charge in [0.2, 0.25) is 11.8 Å². The van der Waals surface area contributed by atoms with Crippen molar-refractivity contribution < 1.29 is 22.8 Å². The highest BCUT2D eigenvalue weighted by Gasteiger charge is 2.33. The first-order valence-electron chi connectivity index (χ1n) is 7.46. The maximum atomic E-state index is 12.9. The Balaban J connectivity index is 2.67. The molecule has 1 aromatic carbocycles. The van der Waals surface area contributed by atoms with Crippen LogP contribution in [0.5, 0.6) is 0 Å². The second-order valence-corrected chi connectivity index (χ2v) is 5.89. The topological polar surface area (TPSA) is 75.4 Å². The molecule has 0 fully saturated rings. The summed E-state index contributed by atoms with van der Waals surface area (Å²) >= 11 is 0. The van der Waals surface area contributed by atoms with Gasteiger partial charge in [-0.1, -0.05) is 32.0 Å². The number of carbonyl (C=O) groups excluding carboxylic acids is 2. The van der Waals surface area contributed by atoms with Gasteiger partial charge in [0.25, 0.3) is 0 Å². The largest absolute Gasteiger partial charge is 0.416 e. The van der Waals surface area contributed by atoms with E-state index in [9.17, 15) is 22.8 Å². The molecule has 0 heterocycles. The summed E-state index contributed by atoms with van der Waals surface area (Å²) in [5.41, 5.74) is 4.86. The van der Waals surface area contributed by atoms with Crippen LogP contribution in [-0.4, -0.2) is 36.3 Å². The van der Waals surface area contributed by atoms with Gasteiger partial charge in [0, 0.05) is 13.6 Å². The van der Waals surface area contributed by atoms with E-state index in [1.54, 1.807) is 13.8 Å². The number of amides is 2. The predicted molar refractivity (Wildman–Crippen MR) is 83.7 cm³/mol. The van der Waals surface area contributed by atoms with E-state index in [1.165, 1.54) is 25.2 Å². The molecular weight excluding hydrogens is 323 g/mol. The van der Waals surface area contributed by atoms with Crippen LogP contribution in [0.3, 0.4) is 0 Å². The summed E-state index contributed by atoms with van der Waals surface area (Å²) in [7, 11) is 1.38. The predicted octanol–water partition coefficient (Wildman–Crippen LogP) is 1.76. The Morgan fingerprint density at radius 1 is 1.25 bits per heavy atom. The van der Waals surface area contributed by atoms with Gasteiger partial charge in [-0.2, -0.15) is 13.2 Å². The van der Waals surface area contributed by atoms with Crippen molar-refractivity contribution in [3.05, 3.63) is 35.4 Å². The third kappa shape index (κ3) is 5.52. The molecule has 5 nitrogen and oxygen atoms in total. The number of rotatable bonds is 6. The smallest absolute Gasteiger partial charge is 0.346 e. The first-order valence-corrected chi connectivity index (χ1v) is 7.46. The van der Waals surface area contributed by atoms with E-state index < -0.39 is 29.6 Å². The van der Waals surface area contributed by atoms with Crippen LogP contribution in [0.1, 0.15) is 25.0 Å². The zero-order valence-electron chi connectivity index (χ0n) is 13.9. The third-order valence-corrected chi connectivity index (χ3v) is 3.59. The van der Waals surface area contributed by atoms with Gasteiger partial charge in [-0.15, -0.1) is 0 Å². The summed E-state index contributed by atoms with van der Waals surface area (Å²) in [5.74, 6) is -1.06. The number of nitrogens with zero attached hydrogens (tertiary/aromatic N) is 1. The molecule has 0 unspecified atom stereocenters. The first-order chi connectivity index (χ1) is 11.0. The Morgan fingerprint density at radius 2 is 1.83 bits per heavy atom. The van der Waals surface area contributed by atoms with Crippen molar-refractivity contribution in [2.45, 2.75) is 32.6 Å². The van der Waals surface area contributed by atoms with Crippen LogP contribution < -0.4 is 11.1 Å². The van der Waals surface area contributed by atoms with Crippen molar-refractivity contribution in [1.29, 1.82) is 0 Å². The number of benzene rings is 1. The van der Waals surface area contributed by atoms with E-state index in [-0.39, 0.29) is 24.6 Å². The first kappa shape index (κ1) is 20.0. The number of hydrogen-bond donors (Lipinski definition) is 2. The molecule has 0 spiro atoms. The molecule has 0 aromatic heterocycles. The van der Waals surface area contributed by atoms with Gasteiger partial charge in [-0.05, 0) is 17.5 Å². The monoisotopic (exact) mass is 345 g/mol. The van der Waals surface area contributed by atoms with Gasteiger partial charge in [-0.25, -0.2) is 0 Å². The number of likely N-dealkylation sites (N-methyl/N-ethyl adjacent to an activating group) is 1. The molecule has 1 rings (SSSR count). The second kappa shape index (κ2) is 8.14. The number of alkyl halides is 3. The van der Waals surface area contributed by atoms with Crippen molar-refractivity contribution in [2.75, 3.05) is 13.6 Å². The SMILES string of the molecule is CC(C)[C@H](N)C(=O)NCC(=O)N(C)Cc1ccccc1C(F)(F)F. The van der Waals surface area contributed by atoms with Crippen LogP contribution in [0.25, 0.3) is 0 Å². The van der Waals surface area contributed by atoms with Crippen LogP contribution in [0.4, 0.5) is 13.2 Å². The average molecular weight is 345 g/mol. The third-order valence-electron chi connectivity index (χ3n) is 3.59. The minimum Gasteiger partial charge on any atom is -0.346 e. The Kier molecular flexibility index (Phi) is 6.77. The highest BCUT2D eigenvalue weighted by Crippen LogP contribution is 2.32. The van der Waals surface area contributed by atoms with Crippen LogP contribution in [0, 0.1) is 5.92 Å². The summed E-state index contributed by atoms with van der Waals surface area (Å²) in [4.78, 5) is 24.8. The fourth-order valence-electron chi connectivity index (χ4n) is 2.00. The second-order valence-electron chi connectivity index (χ2n) is 5.89. The van der Waals surface area contributed by atoms with Gasteiger partial charge < -0.3 is 16.0 Å². The van der Waals surface area contributed by atoms with Gasteiger partial charge in [-0.3, -0.25) is 9.59 Å². The molecule has 0 saturated carbocycles. The molecule has 0 radical (unpaired) electrons. The quantitative estimate of drug-likeness (QED) is 0.825. The highest BCUT2D eigenvalue weighted by molar-refractivity contribution is 5.87. The summed E-state index contributed by atoms with van der Waals surface area (Å²) in [6.45, 7) is 3.02. The Bertz CT molecular complexity index is 588. The lowest BCUT2D eigenvalue weighted by Gasteiger charge is -2.21. The molecule has 0 aliphatic carbocycles. The molecule has 0 aliphatic rings. The zero-order chi connectivity index (χ0) is 18.5. The summed E-state index contributed by atoms with van der Waals surface area (Å²) < 4.78 is 38.8. The lowest BCUT2D eigenvalue weighted by Crippen LogP contribution is -2.47. The molecule has 24 heavy (non-hydrogen) atoms. The van der Waals surface area contributed by atoms with Gasteiger partial charge in [0.15, 0.2) is 0 Å². The molecular formula is C16H22F3N3O2. The summed E-state index contributed by atoms with van der Waals surface area (Å²) in [6.07, 6.45) is -4.49. The molecule has 3 N–H and O–H groups in total. The molecule has 1 atom stereocenters. The van der Waals surface area contributed by atoms with E-state index >= 15 is 0 Å². The Labute approximate surface area is 139 Å². The van der Waals surface area contributed by atoms with Crippen molar-refractivity contribution >= 4 is 11.8 Å². The van der Waals surface area contributed by atoms with Crippen molar-refractivity contribution in [3.8, 4) is 0 Å². The summed E-state index contributed by atoms with van der Waals surface area (Å²) in [6, 6.07) is 4.32. The lowest BCUT2D eigenvalue weighted by molar-refractivity contribution is -0.139. The van der Waals surface area contributed by atoms with Gasteiger partial charge in [0.1, 0.15) is 0 Å². The van der Waals surface area contributed by atoms with Crippen LogP contribution in [0.2, 0.25) is 0 Å². The fraction of sp³-hybridized carbons (Fsp3) is 0.500. The highest BCUT2D eigenvalue weighted by atomic mass is 19.4. The molecule has 134 valence electrons. The van der Waals surface area contributed by atoms with Crippen LogP contribution >= 0.6 is 0 Å². The van der Waals surface area contributed by atoms with Crippen LogP contribution in [0.15, 0.2) is 24.3 Å². The number of carbonyl (C=O) groups is 2. The van der Waals surface area contributed by atoms with E-state index in [4.69, 9.17) is 5.73 Å². The van der Waals surface area contributed by atoms with E-state index in [0.717, 1.165) is 11.0 Å². The standard InChI is InChI=1S/C16H22F3N3O2/c1-10(2)14(20)15(24)21-8-13(23)22(3)9-11-6-4-5-7-12(11)16(17,18)19/h4-7,10,14H,8-9,20H2,1-3H3,(H,21,24)/t14-/m0/s1. The molecule has 8 heteroatoms. The number of nitrogens with one attached hydrogen (secondary N) is 1. The van der Waals surface area contributed by atoms with E-state index in [2.05, 4.69) is 5.32 Å². The molecule has 0 saturated heterocycles. The minimum absolute atomic E-state index is 0.00828. The minimum atomic E-state index is -4.49. The summed E-state index contributed by atoms with van der Waals surface area (Å²) in [5, 5.41) is 2.40. The number of hydrogen-bond acceptors (Lipinski definition) is 3.